The lowest BCUT2D eigenvalue weighted by Crippen LogP contribution is -2.54. The van der Waals surface area contributed by atoms with Gasteiger partial charge in [0.2, 0.25) is 0 Å². The first kappa shape index (κ1) is 15.1. The maximum atomic E-state index is 12.8. The summed E-state index contributed by atoms with van der Waals surface area (Å²) >= 11 is 0. The Bertz CT molecular complexity index is 438. The molecule has 2 fully saturated rings. The summed E-state index contributed by atoms with van der Waals surface area (Å²) in [5, 5.41) is 11.6. The number of ether oxygens (including phenoxy) is 1. The summed E-state index contributed by atoms with van der Waals surface area (Å²) in [4.78, 5) is 23.8. The molecule has 0 saturated heterocycles. The van der Waals surface area contributed by atoms with E-state index in [-0.39, 0.29) is 17.4 Å². The van der Waals surface area contributed by atoms with E-state index < -0.39 is 17.1 Å². The fourth-order valence-electron chi connectivity index (χ4n) is 4.18. The Morgan fingerprint density at radius 1 is 1.30 bits per heavy atom. The highest BCUT2D eigenvalue weighted by molar-refractivity contribution is 5.82. The van der Waals surface area contributed by atoms with Crippen LogP contribution in [0.5, 0.6) is 0 Å². The van der Waals surface area contributed by atoms with Crippen LogP contribution in [0.25, 0.3) is 0 Å². The van der Waals surface area contributed by atoms with Crippen LogP contribution in [0.4, 0.5) is 4.79 Å². The van der Waals surface area contributed by atoms with Crippen LogP contribution in [0.3, 0.4) is 0 Å². The molecule has 3 atom stereocenters. The zero-order valence-corrected chi connectivity index (χ0v) is 12.9. The predicted molar refractivity (Wildman–Crippen MR) is 74.3 cm³/mol. The number of hydrogen-bond donors (Lipinski definition) is 2. The summed E-state index contributed by atoms with van der Waals surface area (Å²) in [5.41, 5.74) is -1.53. The number of carbonyl (C=O) groups is 2. The fraction of sp³-hybridized carbons (Fsp3) is 0.867. The van der Waals surface area contributed by atoms with Crippen molar-refractivity contribution in [1.82, 2.24) is 5.32 Å². The molecule has 0 aromatic carbocycles. The summed E-state index contributed by atoms with van der Waals surface area (Å²) in [6.45, 7) is 9.66. The van der Waals surface area contributed by atoms with Crippen LogP contribution in [0.15, 0.2) is 0 Å². The minimum atomic E-state index is -1.07. The van der Waals surface area contributed by atoms with Crippen molar-refractivity contribution in [2.45, 2.75) is 65.5 Å². The highest BCUT2D eigenvalue weighted by atomic mass is 16.6. The smallest absolute Gasteiger partial charge is 0.404 e. The average molecular weight is 283 g/mol. The third-order valence-corrected chi connectivity index (χ3v) is 5.23. The zero-order chi connectivity index (χ0) is 15.3. The van der Waals surface area contributed by atoms with E-state index in [1.165, 1.54) is 0 Å². The number of rotatable bonds is 2. The summed E-state index contributed by atoms with van der Waals surface area (Å²) in [5.74, 6) is 0.112. The van der Waals surface area contributed by atoms with Crippen molar-refractivity contribution in [3.8, 4) is 0 Å². The van der Waals surface area contributed by atoms with E-state index in [2.05, 4.69) is 19.2 Å². The van der Waals surface area contributed by atoms with E-state index in [1.54, 1.807) is 0 Å². The van der Waals surface area contributed by atoms with Crippen LogP contribution >= 0.6 is 0 Å². The van der Waals surface area contributed by atoms with Gasteiger partial charge in [-0.3, -0.25) is 4.79 Å². The SMILES string of the molecule is CC(C)(C)OC(=O)C12CCC(CC1NC(=O)O)C2(C)C. The number of carboxylic acid groups (broad SMARTS) is 1. The molecule has 0 aliphatic heterocycles. The quantitative estimate of drug-likeness (QED) is 0.764. The van der Waals surface area contributed by atoms with Crippen molar-refractivity contribution in [2.24, 2.45) is 16.7 Å². The van der Waals surface area contributed by atoms with Gasteiger partial charge in [0.15, 0.2) is 0 Å². The molecule has 20 heavy (non-hydrogen) atoms. The molecule has 1 amide bonds. The normalized spacial score (nSPS) is 34.9. The fourth-order valence-corrected chi connectivity index (χ4v) is 4.18. The van der Waals surface area contributed by atoms with Gasteiger partial charge in [0.1, 0.15) is 5.60 Å². The number of hydrogen-bond acceptors (Lipinski definition) is 3. The number of fused-ring (bicyclic) bond motifs is 2. The Kier molecular flexibility index (Phi) is 3.30. The van der Waals surface area contributed by atoms with Crippen molar-refractivity contribution < 1.29 is 19.4 Å². The molecule has 0 spiro atoms. The van der Waals surface area contributed by atoms with E-state index in [0.717, 1.165) is 12.8 Å². The van der Waals surface area contributed by atoms with E-state index in [9.17, 15) is 9.59 Å². The minimum absolute atomic E-state index is 0.234. The summed E-state index contributed by atoms with van der Waals surface area (Å²) < 4.78 is 5.62. The minimum Gasteiger partial charge on any atom is -0.465 e. The first-order chi connectivity index (χ1) is 9.00. The molecular formula is C15H25NO4. The molecular weight excluding hydrogens is 258 g/mol. The molecule has 3 unspecified atom stereocenters. The Morgan fingerprint density at radius 3 is 2.35 bits per heavy atom. The van der Waals surface area contributed by atoms with Gasteiger partial charge in [0.25, 0.3) is 0 Å². The van der Waals surface area contributed by atoms with Gasteiger partial charge >= 0.3 is 12.1 Å². The molecule has 0 heterocycles. The van der Waals surface area contributed by atoms with Crippen molar-refractivity contribution in [3.05, 3.63) is 0 Å². The Balaban J connectivity index is 2.35. The second-order valence-electron chi connectivity index (χ2n) is 7.67. The third kappa shape index (κ3) is 2.07. The molecule has 2 rings (SSSR count). The molecule has 5 nitrogen and oxygen atoms in total. The Labute approximate surface area is 120 Å². The lowest BCUT2D eigenvalue weighted by atomic mass is 9.67. The molecule has 114 valence electrons. The van der Waals surface area contributed by atoms with Gasteiger partial charge < -0.3 is 15.2 Å². The van der Waals surface area contributed by atoms with Gasteiger partial charge in [-0.1, -0.05) is 13.8 Å². The number of carbonyl (C=O) groups excluding carboxylic acids is 1. The monoisotopic (exact) mass is 283 g/mol. The number of amides is 1. The lowest BCUT2D eigenvalue weighted by Gasteiger charge is -2.41. The van der Waals surface area contributed by atoms with Crippen LogP contribution in [-0.4, -0.2) is 28.8 Å². The van der Waals surface area contributed by atoms with Crippen LogP contribution in [0, 0.1) is 16.7 Å². The van der Waals surface area contributed by atoms with Crippen LogP contribution in [0.2, 0.25) is 0 Å². The summed E-state index contributed by atoms with van der Waals surface area (Å²) in [6.07, 6.45) is 1.31. The second-order valence-corrected chi connectivity index (χ2v) is 7.67. The first-order valence-electron chi connectivity index (χ1n) is 7.23. The molecule has 0 aromatic rings. The summed E-state index contributed by atoms with van der Waals surface area (Å²) in [6, 6.07) is -0.344. The predicted octanol–water partition coefficient (Wildman–Crippen LogP) is 2.79. The number of nitrogens with one attached hydrogen (secondary N) is 1. The van der Waals surface area contributed by atoms with Crippen molar-refractivity contribution in [3.63, 3.8) is 0 Å². The largest absolute Gasteiger partial charge is 0.465 e. The summed E-state index contributed by atoms with van der Waals surface area (Å²) in [7, 11) is 0. The average Bonchev–Trinajstić information content (AvgIpc) is 2.60. The van der Waals surface area contributed by atoms with E-state index in [4.69, 9.17) is 9.84 Å². The van der Waals surface area contributed by atoms with Crippen molar-refractivity contribution in [2.75, 3.05) is 0 Å². The molecule has 0 radical (unpaired) electrons. The van der Waals surface area contributed by atoms with Crippen molar-refractivity contribution >= 4 is 12.1 Å². The standard InChI is InChI=1S/C15H25NO4/c1-13(2,3)20-11(17)15-7-6-9(14(15,4)5)8-10(15)16-12(18)19/h9-10,16H,6-8H2,1-5H3,(H,18,19). The molecule has 0 aromatic heterocycles. The Hall–Kier alpha value is -1.26. The number of esters is 1. The third-order valence-electron chi connectivity index (χ3n) is 5.23. The van der Waals surface area contributed by atoms with Gasteiger partial charge in [-0.15, -0.1) is 0 Å². The Morgan fingerprint density at radius 2 is 1.90 bits per heavy atom. The second kappa shape index (κ2) is 4.37. The van der Waals surface area contributed by atoms with Gasteiger partial charge in [0, 0.05) is 6.04 Å². The van der Waals surface area contributed by atoms with Gasteiger partial charge in [-0.25, -0.2) is 4.79 Å². The highest BCUT2D eigenvalue weighted by Crippen LogP contribution is 2.66. The maximum Gasteiger partial charge on any atom is 0.404 e. The molecule has 2 aliphatic carbocycles. The van der Waals surface area contributed by atoms with Crippen LogP contribution in [-0.2, 0) is 9.53 Å². The van der Waals surface area contributed by atoms with E-state index >= 15 is 0 Å². The molecule has 2 bridgehead atoms. The van der Waals surface area contributed by atoms with E-state index in [0.29, 0.717) is 12.3 Å². The van der Waals surface area contributed by atoms with Crippen molar-refractivity contribution in [1.29, 1.82) is 0 Å². The zero-order valence-electron chi connectivity index (χ0n) is 12.9. The van der Waals surface area contributed by atoms with E-state index in [1.807, 2.05) is 20.8 Å². The maximum absolute atomic E-state index is 12.8. The molecule has 2 saturated carbocycles. The molecule has 2 aliphatic rings. The molecule has 5 heteroatoms. The topological polar surface area (TPSA) is 75.6 Å². The van der Waals surface area contributed by atoms with Gasteiger partial charge in [-0.05, 0) is 51.4 Å². The van der Waals surface area contributed by atoms with Crippen LogP contribution in [0.1, 0.15) is 53.9 Å². The first-order valence-corrected chi connectivity index (χ1v) is 7.23. The highest BCUT2D eigenvalue weighted by Gasteiger charge is 2.69. The van der Waals surface area contributed by atoms with Crippen LogP contribution < -0.4 is 5.32 Å². The van der Waals surface area contributed by atoms with Gasteiger partial charge in [0.05, 0.1) is 5.41 Å². The molecule has 2 N–H and O–H groups in total. The van der Waals surface area contributed by atoms with Gasteiger partial charge in [-0.2, -0.15) is 0 Å². The lowest BCUT2D eigenvalue weighted by molar-refractivity contribution is -0.174.